The fourth-order valence-electron chi connectivity index (χ4n) is 5.28. The van der Waals surface area contributed by atoms with E-state index in [1.165, 1.54) is 11.1 Å². The van der Waals surface area contributed by atoms with Crippen molar-refractivity contribution in [2.45, 2.75) is 77.6 Å². The molecular weight excluding hydrogens is 388 g/mol. The molecule has 1 saturated heterocycles. The van der Waals surface area contributed by atoms with E-state index in [9.17, 15) is 9.90 Å². The van der Waals surface area contributed by atoms with Gasteiger partial charge in [-0.1, -0.05) is 44.2 Å². The van der Waals surface area contributed by atoms with Gasteiger partial charge in [0.25, 0.3) is 0 Å². The molecule has 0 radical (unpaired) electrons. The maximum Gasteiger partial charge on any atom is 0.307 e. The van der Waals surface area contributed by atoms with Crippen LogP contribution in [0.2, 0.25) is 0 Å². The molecule has 4 nitrogen and oxygen atoms in total. The maximum atomic E-state index is 11.2. The Balaban J connectivity index is 1.62. The van der Waals surface area contributed by atoms with E-state index in [1.54, 1.807) is 0 Å². The Morgan fingerprint density at radius 2 is 1.81 bits per heavy atom. The molecule has 1 fully saturated rings. The van der Waals surface area contributed by atoms with E-state index in [4.69, 9.17) is 9.47 Å². The minimum atomic E-state index is -0.826. The zero-order valence-electron chi connectivity index (χ0n) is 19.2. The zero-order valence-corrected chi connectivity index (χ0v) is 19.2. The fourth-order valence-corrected chi connectivity index (χ4v) is 5.28. The van der Waals surface area contributed by atoms with Crippen molar-refractivity contribution in [2.24, 2.45) is 11.8 Å². The summed E-state index contributed by atoms with van der Waals surface area (Å²) in [5.74, 6) is 1.13. The van der Waals surface area contributed by atoms with E-state index in [-0.39, 0.29) is 30.1 Å². The van der Waals surface area contributed by atoms with Crippen LogP contribution in [0.25, 0.3) is 0 Å². The van der Waals surface area contributed by atoms with Gasteiger partial charge in [0, 0.05) is 17.4 Å². The second-order valence-corrected chi connectivity index (χ2v) is 10.2. The van der Waals surface area contributed by atoms with Crippen LogP contribution in [0.5, 0.6) is 5.75 Å². The third-order valence-corrected chi connectivity index (χ3v) is 6.86. The molecule has 0 aromatic heterocycles. The fraction of sp³-hybridized carbons (Fsp3) is 0.519. The molecule has 1 N–H and O–H groups in total. The van der Waals surface area contributed by atoms with Crippen LogP contribution in [0.4, 0.5) is 0 Å². The average Bonchev–Trinajstić information content (AvgIpc) is 2.68. The molecule has 31 heavy (non-hydrogen) atoms. The van der Waals surface area contributed by atoms with E-state index < -0.39 is 5.97 Å². The van der Waals surface area contributed by atoms with Crippen LogP contribution in [0.3, 0.4) is 0 Å². The second kappa shape index (κ2) is 8.31. The third kappa shape index (κ3) is 4.50. The summed E-state index contributed by atoms with van der Waals surface area (Å²) in [6, 6.07) is 14.7. The van der Waals surface area contributed by atoms with Crippen molar-refractivity contribution in [3.63, 3.8) is 0 Å². The third-order valence-electron chi connectivity index (χ3n) is 6.86. The number of rotatable bonds is 5. The summed E-state index contributed by atoms with van der Waals surface area (Å²) in [6.07, 6.45) is 2.07. The van der Waals surface area contributed by atoms with Crippen LogP contribution in [0.15, 0.2) is 42.5 Å². The highest BCUT2D eigenvalue weighted by Crippen LogP contribution is 2.53. The van der Waals surface area contributed by atoms with Gasteiger partial charge < -0.3 is 14.6 Å². The number of hydrogen-bond acceptors (Lipinski definition) is 3. The van der Waals surface area contributed by atoms with Crippen molar-refractivity contribution < 1.29 is 19.4 Å². The molecule has 2 aliphatic heterocycles. The second-order valence-electron chi connectivity index (χ2n) is 10.2. The van der Waals surface area contributed by atoms with Crippen LogP contribution < -0.4 is 4.74 Å². The van der Waals surface area contributed by atoms with E-state index in [2.05, 4.69) is 58.9 Å². The summed E-state index contributed by atoms with van der Waals surface area (Å²) in [7, 11) is 0. The number of benzene rings is 2. The molecule has 2 unspecified atom stereocenters. The lowest BCUT2D eigenvalue weighted by Crippen LogP contribution is -2.50. The number of aliphatic carboxylic acids is 1. The van der Waals surface area contributed by atoms with Gasteiger partial charge in [0.1, 0.15) is 11.4 Å². The first-order valence-electron chi connectivity index (χ1n) is 11.4. The van der Waals surface area contributed by atoms with Crippen LogP contribution >= 0.6 is 0 Å². The van der Waals surface area contributed by atoms with Crippen molar-refractivity contribution in [3.05, 3.63) is 64.7 Å². The molecule has 2 aromatic rings. The first kappa shape index (κ1) is 21.9. The molecule has 0 aliphatic carbocycles. The Morgan fingerprint density at radius 1 is 1.13 bits per heavy atom. The van der Waals surface area contributed by atoms with Gasteiger partial charge >= 0.3 is 5.97 Å². The minimum absolute atomic E-state index is 0.00889. The average molecular weight is 423 g/mol. The number of carboxylic acids is 1. The van der Waals surface area contributed by atoms with Crippen molar-refractivity contribution in [1.29, 1.82) is 0 Å². The summed E-state index contributed by atoms with van der Waals surface area (Å²) in [5, 5.41) is 9.19. The van der Waals surface area contributed by atoms with Gasteiger partial charge in [-0.05, 0) is 68.4 Å². The van der Waals surface area contributed by atoms with E-state index >= 15 is 0 Å². The number of carbonyl (C=O) groups is 1. The van der Waals surface area contributed by atoms with Gasteiger partial charge in [0.05, 0.1) is 18.6 Å². The first-order chi connectivity index (χ1) is 14.6. The summed E-state index contributed by atoms with van der Waals surface area (Å²) < 4.78 is 13.1. The smallest absolute Gasteiger partial charge is 0.307 e. The minimum Gasteiger partial charge on any atom is -0.487 e. The monoisotopic (exact) mass is 422 g/mol. The van der Waals surface area contributed by atoms with Gasteiger partial charge in [-0.25, -0.2) is 0 Å². The standard InChI is InChI=1S/C27H34O4/c1-16(2)12-18-6-9-20(10-7-18)21-15-23-26(30-17(21)3)22-13-19(14-25(28)29)8-11-24(22)31-27(23,4)5/h6-11,13,16-17,21,23,26H,12,14-15H2,1-5H3,(H,28,29)/t17?,21?,23-,26+/m0/s1. The predicted molar refractivity (Wildman–Crippen MR) is 122 cm³/mol. The number of hydrogen-bond donors (Lipinski definition) is 1. The predicted octanol–water partition coefficient (Wildman–Crippen LogP) is 5.93. The zero-order chi connectivity index (χ0) is 22.3. The summed E-state index contributed by atoms with van der Waals surface area (Å²) in [5.41, 5.74) is 4.11. The van der Waals surface area contributed by atoms with E-state index in [1.807, 2.05) is 18.2 Å². The molecule has 0 bridgehead atoms. The summed E-state index contributed by atoms with van der Waals surface area (Å²) in [6.45, 7) is 10.9. The van der Waals surface area contributed by atoms with E-state index in [0.29, 0.717) is 11.8 Å². The lowest BCUT2D eigenvalue weighted by atomic mass is 9.70. The van der Waals surface area contributed by atoms with Crippen LogP contribution in [0, 0.1) is 11.8 Å². The van der Waals surface area contributed by atoms with Gasteiger partial charge in [-0.15, -0.1) is 0 Å². The molecule has 0 saturated carbocycles. The summed E-state index contributed by atoms with van der Waals surface area (Å²) in [4.78, 5) is 11.2. The Bertz CT molecular complexity index is 944. The largest absolute Gasteiger partial charge is 0.487 e. The SMILES string of the molecule is CC(C)Cc1ccc(C2C[C@H]3[C@H](OC2C)c2cc(CC(=O)O)ccc2OC3(C)C)cc1. The van der Waals surface area contributed by atoms with Crippen LogP contribution in [-0.4, -0.2) is 22.8 Å². The molecule has 2 aliphatic rings. The van der Waals surface area contributed by atoms with Crippen LogP contribution in [0.1, 0.15) is 75.3 Å². The first-order valence-corrected chi connectivity index (χ1v) is 11.4. The van der Waals surface area contributed by atoms with Gasteiger partial charge in [-0.2, -0.15) is 0 Å². The molecular formula is C27H34O4. The number of fused-ring (bicyclic) bond motifs is 3. The highest BCUT2D eigenvalue weighted by atomic mass is 16.5. The topological polar surface area (TPSA) is 55.8 Å². The molecule has 2 aromatic carbocycles. The Hall–Kier alpha value is -2.33. The normalized spacial score (nSPS) is 26.6. The highest BCUT2D eigenvalue weighted by Gasteiger charge is 2.49. The molecule has 2 heterocycles. The van der Waals surface area contributed by atoms with Crippen molar-refractivity contribution in [2.75, 3.05) is 0 Å². The molecule has 0 amide bonds. The lowest BCUT2D eigenvalue weighted by molar-refractivity contribution is -0.153. The van der Waals surface area contributed by atoms with Gasteiger partial charge in [0.15, 0.2) is 0 Å². The highest BCUT2D eigenvalue weighted by molar-refractivity contribution is 5.70. The number of ether oxygens (including phenoxy) is 2. The van der Waals surface area contributed by atoms with Crippen molar-refractivity contribution >= 4 is 5.97 Å². The van der Waals surface area contributed by atoms with Gasteiger partial charge in [0.2, 0.25) is 0 Å². The van der Waals surface area contributed by atoms with Gasteiger partial charge in [-0.3, -0.25) is 4.79 Å². The Labute approximate surface area is 185 Å². The maximum absolute atomic E-state index is 11.2. The van der Waals surface area contributed by atoms with E-state index in [0.717, 1.165) is 29.7 Å². The van der Waals surface area contributed by atoms with Crippen molar-refractivity contribution in [3.8, 4) is 5.75 Å². The Morgan fingerprint density at radius 3 is 2.45 bits per heavy atom. The quantitative estimate of drug-likeness (QED) is 0.648. The van der Waals surface area contributed by atoms with Crippen LogP contribution in [-0.2, 0) is 22.4 Å². The number of carboxylic acid groups (broad SMARTS) is 1. The molecule has 0 spiro atoms. The summed E-state index contributed by atoms with van der Waals surface area (Å²) >= 11 is 0. The molecule has 4 rings (SSSR count). The molecule has 166 valence electrons. The molecule has 4 heteroatoms. The molecule has 4 atom stereocenters. The lowest BCUT2D eigenvalue weighted by Gasteiger charge is -2.50. The van der Waals surface area contributed by atoms with Crippen molar-refractivity contribution in [1.82, 2.24) is 0 Å². The Kier molecular flexibility index (Phi) is 5.87.